The van der Waals surface area contributed by atoms with Gasteiger partial charge in [-0.1, -0.05) is 11.6 Å². The summed E-state index contributed by atoms with van der Waals surface area (Å²) in [5.41, 5.74) is -0.368. The lowest BCUT2D eigenvalue weighted by molar-refractivity contribution is -0.288. The molecule has 1 aromatic heterocycles. The van der Waals surface area contributed by atoms with Crippen molar-refractivity contribution in [1.82, 2.24) is 10.2 Å². The Morgan fingerprint density at radius 2 is 1.51 bits per heavy atom. The van der Waals surface area contributed by atoms with Crippen molar-refractivity contribution in [2.45, 2.75) is 64.8 Å². The highest BCUT2D eigenvalue weighted by molar-refractivity contribution is 6.32. The maximum Gasteiger partial charge on any atom is 0.336 e. The molecule has 1 aliphatic heterocycles. The number of nitrogens with one attached hydrogen (secondary N) is 1. The predicted octanol–water partition coefficient (Wildman–Crippen LogP) is 1.13. The molecular weight excluding hydrogens is 620 g/mol. The van der Waals surface area contributed by atoms with Crippen LogP contribution in [0.25, 0.3) is 11.0 Å². The summed E-state index contributed by atoms with van der Waals surface area (Å²) in [5.74, 6) is -3.54. The fraction of sp³-hybridized carbons (Fsp3) is 0.517. The molecular formula is C29H35ClN2O13. The summed E-state index contributed by atoms with van der Waals surface area (Å²) in [5, 5.41) is 3.12. The Morgan fingerprint density at radius 3 is 2.11 bits per heavy atom. The van der Waals surface area contributed by atoms with E-state index in [9.17, 15) is 28.8 Å². The lowest BCUT2D eigenvalue weighted by atomic mass is 9.98. The molecule has 0 aliphatic carbocycles. The van der Waals surface area contributed by atoms with Crippen LogP contribution in [0.1, 0.15) is 33.3 Å². The minimum atomic E-state index is -1.57. The normalized spacial score (nSPS) is 21.1. The molecule has 1 aromatic carbocycles. The third-order valence-corrected chi connectivity index (χ3v) is 6.60. The highest BCUT2D eigenvalue weighted by Gasteiger charge is 2.53. The van der Waals surface area contributed by atoms with Crippen LogP contribution in [-0.4, -0.2) is 99.2 Å². The van der Waals surface area contributed by atoms with Crippen LogP contribution in [0.5, 0.6) is 5.75 Å². The Labute approximate surface area is 262 Å². The summed E-state index contributed by atoms with van der Waals surface area (Å²) in [7, 11) is 3.73. The largest absolute Gasteiger partial charge is 0.463 e. The highest BCUT2D eigenvalue weighted by Crippen LogP contribution is 2.36. The molecule has 0 spiro atoms. The summed E-state index contributed by atoms with van der Waals surface area (Å²) in [4.78, 5) is 74.6. The minimum absolute atomic E-state index is 0.0153. The van der Waals surface area contributed by atoms with E-state index in [0.29, 0.717) is 24.0 Å². The number of fused-ring (bicyclic) bond motifs is 1. The molecule has 0 saturated carbocycles. The number of nitrogens with zero attached hydrogens (tertiary/aromatic N) is 1. The lowest BCUT2D eigenvalue weighted by Gasteiger charge is -2.43. The number of rotatable bonds is 12. The number of likely N-dealkylation sites (N-methyl/N-ethyl adjacent to an activating group) is 1. The average molecular weight is 655 g/mol. The van der Waals surface area contributed by atoms with Gasteiger partial charge in [-0.15, -0.1) is 0 Å². The molecule has 45 heavy (non-hydrogen) atoms. The van der Waals surface area contributed by atoms with Gasteiger partial charge < -0.3 is 43.1 Å². The lowest BCUT2D eigenvalue weighted by Crippen LogP contribution is -2.63. The molecule has 1 amide bonds. The van der Waals surface area contributed by atoms with Crippen molar-refractivity contribution in [2.75, 3.05) is 33.8 Å². The molecule has 1 N–H and O–H groups in total. The van der Waals surface area contributed by atoms with E-state index in [1.165, 1.54) is 18.2 Å². The summed E-state index contributed by atoms with van der Waals surface area (Å²) >= 11 is 6.56. The van der Waals surface area contributed by atoms with Crippen molar-refractivity contribution < 1.29 is 56.8 Å². The predicted molar refractivity (Wildman–Crippen MR) is 155 cm³/mol. The quantitative estimate of drug-likeness (QED) is 0.195. The maximum atomic E-state index is 12.5. The van der Waals surface area contributed by atoms with Gasteiger partial charge in [-0.05, 0) is 25.7 Å². The summed E-state index contributed by atoms with van der Waals surface area (Å²) in [6.07, 6.45) is -7.33. The second-order valence-electron chi connectivity index (χ2n) is 10.4. The van der Waals surface area contributed by atoms with Crippen LogP contribution < -0.4 is 15.7 Å². The Balaban J connectivity index is 2.01. The average Bonchev–Trinajstić information content (AvgIpc) is 2.90. The molecule has 5 atom stereocenters. The van der Waals surface area contributed by atoms with Gasteiger partial charge in [-0.3, -0.25) is 24.0 Å². The smallest absolute Gasteiger partial charge is 0.336 e. The topological polar surface area (TPSA) is 186 Å². The van der Waals surface area contributed by atoms with Gasteiger partial charge in [0.2, 0.25) is 18.3 Å². The van der Waals surface area contributed by atoms with Crippen molar-refractivity contribution >= 4 is 52.4 Å². The van der Waals surface area contributed by atoms with Gasteiger partial charge >= 0.3 is 29.5 Å². The Bertz CT molecular complexity index is 1490. The first kappa shape index (κ1) is 35.3. The van der Waals surface area contributed by atoms with Gasteiger partial charge in [0.05, 0.1) is 11.4 Å². The van der Waals surface area contributed by atoms with Gasteiger partial charge in [0, 0.05) is 58.3 Å². The van der Waals surface area contributed by atoms with Gasteiger partial charge in [-0.2, -0.15) is 0 Å². The molecule has 3 rings (SSSR count). The number of esters is 4. The van der Waals surface area contributed by atoms with Crippen molar-refractivity contribution in [1.29, 1.82) is 0 Å². The van der Waals surface area contributed by atoms with E-state index >= 15 is 0 Å². The Morgan fingerprint density at radius 1 is 0.889 bits per heavy atom. The third kappa shape index (κ3) is 10.2. The molecule has 246 valence electrons. The van der Waals surface area contributed by atoms with Crippen molar-refractivity contribution in [3.8, 4) is 5.75 Å². The van der Waals surface area contributed by atoms with Crippen LogP contribution in [0, 0.1) is 0 Å². The molecule has 5 unspecified atom stereocenters. The fourth-order valence-corrected chi connectivity index (χ4v) is 4.74. The van der Waals surface area contributed by atoms with Crippen LogP contribution >= 0.6 is 11.6 Å². The molecule has 0 bridgehead atoms. The van der Waals surface area contributed by atoms with Crippen molar-refractivity contribution in [2.24, 2.45) is 0 Å². The molecule has 2 aromatic rings. The maximum absolute atomic E-state index is 12.5. The van der Waals surface area contributed by atoms with E-state index in [2.05, 4.69) is 5.32 Å². The summed E-state index contributed by atoms with van der Waals surface area (Å²) < 4.78 is 38.5. The van der Waals surface area contributed by atoms with Crippen molar-refractivity contribution in [3.63, 3.8) is 0 Å². The Kier molecular flexibility index (Phi) is 12.3. The number of hydrogen-bond donors (Lipinski definition) is 1. The van der Waals surface area contributed by atoms with E-state index in [0.717, 1.165) is 27.7 Å². The Hall–Kier alpha value is -4.21. The number of benzene rings is 1. The van der Waals surface area contributed by atoms with E-state index in [-0.39, 0.29) is 28.7 Å². The zero-order valence-electron chi connectivity index (χ0n) is 25.6. The number of carbonyl (C=O) groups is 5. The number of hydrogen-bond acceptors (Lipinski definition) is 14. The first-order valence-corrected chi connectivity index (χ1v) is 14.2. The van der Waals surface area contributed by atoms with Gasteiger partial charge in [0.25, 0.3) is 0 Å². The molecule has 1 fully saturated rings. The van der Waals surface area contributed by atoms with E-state index in [1.54, 1.807) is 0 Å². The van der Waals surface area contributed by atoms with E-state index in [4.69, 9.17) is 44.4 Å². The van der Waals surface area contributed by atoms with Crippen LogP contribution in [0.2, 0.25) is 5.02 Å². The monoisotopic (exact) mass is 654 g/mol. The first-order chi connectivity index (χ1) is 21.1. The van der Waals surface area contributed by atoms with E-state index < -0.39 is 66.8 Å². The molecule has 1 aliphatic rings. The summed E-state index contributed by atoms with van der Waals surface area (Å²) in [6, 6.07) is 3.88. The molecule has 1 saturated heterocycles. The van der Waals surface area contributed by atoms with Crippen LogP contribution in [0.3, 0.4) is 0 Å². The van der Waals surface area contributed by atoms with Crippen LogP contribution in [0.4, 0.5) is 0 Å². The zero-order valence-corrected chi connectivity index (χ0v) is 26.3. The minimum Gasteiger partial charge on any atom is -0.463 e. The van der Waals surface area contributed by atoms with Gasteiger partial charge in [0.15, 0.2) is 12.2 Å². The molecule has 16 heteroatoms. The summed E-state index contributed by atoms with van der Waals surface area (Å²) in [6.45, 7) is 4.98. The second-order valence-corrected chi connectivity index (χ2v) is 10.8. The third-order valence-electron chi connectivity index (χ3n) is 6.31. The first-order valence-electron chi connectivity index (χ1n) is 13.8. The van der Waals surface area contributed by atoms with Gasteiger partial charge in [-0.25, -0.2) is 4.79 Å². The number of amides is 1. The molecule has 2 heterocycles. The van der Waals surface area contributed by atoms with Crippen LogP contribution in [-0.2, 0) is 54.1 Å². The zero-order chi connectivity index (χ0) is 33.4. The van der Waals surface area contributed by atoms with E-state index in [1.807, 2.05) is 19.0 Å². The number of carbonyl (C=O) groups excluding carboxylic acids is 5. The van der Waals surface area contributed by atoms with Gasteiger partial charge in [0.1, 0.15) is 24.0 Å². The SMILES string of the molecule is CC(=O)OCC1OC(Oc2cc3oc(=O)cc(CC(=O)NCCN(C)C)c3cc2Cl)C(OC(C)=O)C(OC(C)=O)C1OC(C)=O. The molecule has 0 radical (unpaired) electrons. The van der Waals surface area contributed by atoms with Crippen molar-refractivity contribution in [3.05, 3.63) is 39.2 Å². The molecule has 15 nitrogen and oxygen atoms in total. The number of halogens is 1. The van der Waals surface area contributed by atoms with Crippen LogP contribution in [0.15, 0.2) is 27.4 Å². The fourth-order valence-electron chi connectivity index (χ4n) is 4.53. The second kappa shape index (κ2) is 15.7. The standard InChI is InChI=1S/C29H35ClN2O13/c1-14(33)39-13-23-26(40-15(2)34)27(41-16(3)35)28(42-17(4)36)29(45-23)44-22-12-21-19(11-20(22)30)18(10-25(38)43-21)9-24(37)31-7-8-32(5)6/h10-12,23,26-29H,7-9,13H2,1-6H3,(H,31,37). The number of ether oxygens (including phenoxy) is 6. The highest BCUT2D eigenvalue weighted by atomic mass is 35.5.